The van der Waals surface area contributed by atoms with Crippen molar-refractivity contribution in [2.24, 2.45) is 0 Å². The number of nitrogens with one attached hydrogen (secondary N) is 1. The van der Waals surface area contributed by atoms with Crippen molar-refractivity contribution >= 4 is 11.6 Å². The molecule has 1 aliphatic rings. The molecule has 3 heterocycles. The monoisotopic (exact) mass is 546 g/mol. The summed E-state index contributed by atoms with van der Waals surface area (Å²) in [7, 11) is 1.97. The molecule has 4 aromatic rings. The van der Waals surface area contributed by atoms with Crippen LogP contribution in [0.1, 0.15) is 57.2 Å². The van der Waals surface area contributed by atoms with Crippen molar-refractivity contribution in [3.63, 3.8) is 0 Å². The van der Waals surface area contributed by atoms with E-state index < -0.39 is 17.6 Å². The van der Waals surface area contributed by atoms with E-state index in [1.54, 1.807) is 55.1 Å². The smallest absolute Gasteiger partial charge is 0.321 e. The number of benzene rings is 2. The third kappa shape index (κ3) is 6.34. The Kier molecular flexibility index (Phi) is 7.88. The highest BCUT2D eigenvalue weighted by Gasteiger charge is 2.35. The van der Waals surface area contributed by atoms with Crippen LogP contribution in [0.5, 0.6) is 0 Å². The van der Waals surface area contributed by atoms with Gasteiger partial charge in [-0.1, -0.05) is 12.1 Å². The van der Waals surface area contributed by atoms with Gasteiger partial charge in [-0.3, -0.25) is 14.8 Å². The Bertz CT molecular complexity index is 1510. The second kappa shape index (κ2) is 11.5. The van der Waals surface area contributed by atoms with Crippen molar-refractivity contribution in [3.05, 3.63) is 101 Å². The minimum absolute atomic E-state index is 0.0268. The van der Waals surface area contributed by atoms with E-state index in [4.69, 9.17) is 0 Å². The van der Waals surface area contributed by atoms with Gasteiger partial charge in [0, 0.05) is 37.1 Å². The molecule has 40 heavy (non-hydrogen) atoms. The van der Waals surface area contributed by atoms with E-state index in [1.807, 2.05) is 14.0 Å². The molecule has 206 valence electrons. The molecule has 1 aliphatic heterocycles. The zero-order chi connectivity index (χ0) is 28.3. The number of hydrogen-bond acceptors (Lipinski definition) is 6. The fraction of sp³-hybridized carbons (Fsp3) is 0.300. The molecule has 1 amide bonds. The molecular formula is C30H29F3N6O. The Balaban J connectivity index is 1.37. The number of amides is 1. The molecule has 0 saturated carbocycles. The zero-order valence-corrected chi connectivity index (χ0v) is 22.2. The predicted octanol–water partition coefficient (Wildman–Crippen LogP) is 5.91. The van der Waals surface area contributed by atoms with Crippen molar-refractivity contribution in [2.45, 2.75) is 38.3 Å². The molecule has 1 N–H and O–H groups in total. The number of likely N-dealkylation sites (tertiary alicyclic amines) is 1. The van der Waals surface area contributed by atoms with Gasteiger partial charge in [0.05, 0.1) is 23.1 Å². The van der Waals surface area contributed by atoms with Crippen LogP contribution in [0.15, 0.2) is 67.3 Å². The van der Waals surface area contributed by atoms with Gasteiger partial charge in [-0.05, 0) is 86.3 Å². The Labute approximate surface area is 230 Å². The SMILES string of the molecule is Cc1ccc(C(=O)Nc2ccc(C3CCCN(C)C3)cc2C(F)(F)F)cc1Cc1nccc(-c2cnccn2)n1. The van der Waals surface area contributed by atoms with Crippen LogP contribution in [0, 0.1) is 6.92 Å². The summed E-state index contributed by atoms with van der Waals surface area (Å²) >= 11 is 0. The van der Waals surface area contributed by atoms with Gasteiger partial charge in [0.25, 0.3) is 5.91 Å². The first-order valence-corrected chi connectivity index (χ1v) is 13.1. The van der Waals surface area contributed by atoms with Crippen LogP contribution in [-0.4, -0.2) is 50.9 Å². The largest absolute Gasteiger partial charge is 0.418 e. The number of alkyl halides is 3. The molecule has 5 rings (SSSR count). The average molecular weight is 547 g/mol. The maximum Gasteiger partial charge on any atom is 0.418 e. The van der Waals surface area contributed by atoms with E-state index >= 15 is 0 Å². The van der Waals surface area contributed by atoms with Gasteiger partial charge in [-0.25, -0.2) is 9.97 Å². The molecule has 0 bridgehead atoms. The molecular weight excluding hydrogens is 517 g/mol. The Hall–Kier alpha value is -4.18. The van der Waals surface area contributed by atoms with Gasteiger partial charge in [0.15, 0.2) is 0 Å². The molecule has 2 aromatic carbocycles. The number of halogens is 3. The fourth-order valence-corrected chi connectivity index (χ4v) is 5.02. The lowest BCUT2D eigenvalue weighted by Crippen LogP contribution is -2.31. The van der Waals surface area contributed by atoms with Crippen LogP contribution in [-0.2, 0) is 12.6 Å². The van der Waals surface area contributed by atoms with Gasteiger partial charge in [-0.15, -0.1) is 0 Å². The second-order valence-electron chi connectivity index (χ2n) is 10.1. The number of carbonyl (C=O) groups is 1. The maximum atomic E-state index is 14.1. The summed E-state index contributed by atoms with van der Waals surface area (Å²) < 4.78 is 42.2. The molecule has 0 radical (unpaired) electrons. The van der Waals surface area contributed by atoms with Crippen molar-refractivity contribution in [3.8, 4) is 11.4 Å². The number of anilines is 1. The van der Waals surface area contributed by atoms with E-state index in [0.717, 1.165) is 30.5 Å². The highest BCUT2D eigenvalue weighted by molar-refractivity contribution is 6.05. The number of rotatable bonds is 6. The molecule has 1 fully saturated rings. The molecule has 1 saturated heterocycles. The van der Waals surface area contributed by atoms with Crippen LogP contribution < -0.4 is 5.32 Å². The first-order chi connectivity index (χ1) is 19.2. The lowest BCUT2D eigenvalue weighted by molar-refractivity contribution is -0.137. The summed E-state index contributed by atoms with van der Waals surface area (Å²) in [6, 6.07) is 11.0. The van der Waals surface area contributed by atoms with Gasteiger partial charge >= 0.3 is 6.18 Å². The summed E-state index contributed by atoms with van der Waals surface area (Å²) in [4.78, 5) is 32.5. The summed E-state index contributed by atoms with van der Waals surface area (Å²) in [5.41, 5.74) is 2.71. The second-order valence-corrected chi connectivity index (χ2v) is 10.1. The predicted molar refractivity (Wildman–Crippen MR) is 146 cm³/mol. The lowest BCUT2D eigenvalue weighted by Gasteiger charge is -2.30. The van der Waals surface area contributed by atoms with E-state index in [9.17, 15) is 18.0 Å². The number of piperidine rings is 1. The molecule has 7 nitrogen and oxygen atoms in total. The minimum Gasteiger partial charge on any atom is -0.321 e. The van der Waals surface area contributed by atoms with E-state index in [2.05, 4.69) is 30.2 Å². The number of hydrogen-bond donors (Lipinski definition) is 1. The normalized spacial score (nSPS) is 16.1. The molecule has 2 aromatic heterocycles. The van der Waals surface area contributed by atoms with Crippen molar-refractivity contribution in [1.82, 2.24) is 24.8 Å². The van der Waals surface area contributed by atoms with E-state index in [-0.39, 0.29) is 17.2 Å². The highest BCUT2D eigenvalue weighted by Crippen LogP contribution is 2.38. The first kappa shape index (κ1) is 27.4. The summed E-state index contributed by atoms with van der Waals surface area (Å²) in [6.45, 7) is 3.54. The Morgan fingerprint density at radius 1 is 1.05 bits per heavy atom. The first-order valence-electron chi connectivity index (χ1n) is 13.1. The molecule has 0 aliphatic carbocycles. The third-order valence-electron chi connectivity index (χ3n) is 7.18. The Morgan fingerprint density at radius 3 is 2.65 bits per heavy atom. The van der Waals surface area contributed by atoms with Crippen molar-refractivity contribution in [2.75, 3.05) is 25.5 Å². The lowest BCUT2D eigenvalue weighted by atomic mass is 9.89. The van der Waals surface area contributed by atoms with Gasteiger partial charge < -0.3 is 10.2 Å². The molecule has 0 spiro atoms. The fourth-order valence-electron chi connectivity index (χ4n) is 5.02. The number of aryl methyl sites for hydroxylation is 1. The van der Waals surface area contributed by atoms with Gasteiger partial charge in [0.1, 0.15) is 11.5 Å². The molecule has 1 unspecified atom stereocenters. The summed E-state index contributed by atoms with van der Waals surface area (Å²) in [5.74, 6) is -0.0721. The number of carbonyl (C=O) groups excluding carboxylic acids is 1. The van der Waals surface area contributed by atoms with Gasteiger partial charge in [-0.2, -0.15) is 13.2 Å². The summed E-state index contributed by atoms with van der Waals surface area (Å²) in [5, 5.41) is 2.50. The standard InChI is InChI=1S/C30H29F3N6O/c1-19-5-6-21(14-23(19)16-28-36-10-9-26(37-28)27-17-34-11-12-35-27)29(40)38-25-8-7-20(15-24(25)30(31,32)33)22-4-3-13-39(2)18-22/h5-12,14-15,17,22H,3-4,13,16,18H2,1-2H3,(H,38,40). The van der Waals surface area contributed by atoms with E-state index in [0.29, 0.717) is 35.7 Å². The van der Waals surface area contributed by atoms with Crippen molar-refractivity contribution < 1.29 is 18.0 Å². The summed E-state index contributed by atoms with van der Waals surface area (Å²) in [6.07, 6.45) is 3.89. The van der Waals surface area contributed by atoms with Crippen LogP contribution in [0.2, 0.25) is 0 Å². The minimum atomic E-state index is -4.61. The maximum absolute atomic E-state index is 14.1. The molecule has 10 heteroatoms. The number of likely N-dealkylation sites (N-methyl/N-ethyl adjacent to an activating group) is 1. The Morgan fingerprint density at radius 2 is 1.90 bits per heavy atom. The topological polar surface area (TPSA) is 83.9 Å². The third-order valence-corrected chi connectivity index (χ3v) is 7.18. The quantitative estimate of drug-likeness (QED) is 0.324. The van der Waals surface area contributed by atoms with Crippen LogP contribution in [0.3, 0.4) is 0 Å². The van der Waals surface area contributed by atoms with Crippen molar-refractivity contribution in [1.29, 1.82) is 0 Å². The van der Waals surface area contributed by atoms with E-state index in [1.165, 1.54) is 12.1 Å². The zero-order valence-electron chi connectivity index (χ0n) is 22.2. The number of aromatic nitrogens is 4. The van der Waals surface area contributed by atoms with Crippen LogP contribution in [0.4, 0.5) is 18.9 Å². The highest BCUT2D eigenvalue weighted by atomic mass is 19.4. The average Bonchev–Trinajstić information content (AvgIpc) is 2.94. The van der Waals surface area contributed by atoms with Crippen LogP contribution >= 0.6 is 0 Å². The number of nitrogens with zero attached hydrogens (tertiary/aromatic N) is 5. The van der Waals surface area contributed by atoms with Crippen LogP contribution in [0.25, 0.3) is 11.4 Å². The van der Waals surface area contributed by atoms with Gasteiger partial charge in [0.2, 0.25) is 0 Å². The molecule has 1 atom stereocenters.